The predicted octanol–water partition coefficient (Wildman–Crippen LogP) is 2.82. The van der Waals surface area contributed by atoms with Gasteiger partial charge in [0.2, 0.25) is 10.0 Å². The molecular formula is C15H22Cl2N2O3S. The van der Waals surface area contributed by atoms with Crippen LogP contribution in [0.3, 0.4) is 0 Å². The molecule has 0 saturated heterocycles. The van der Waals surface area contributed by atoms with E-state index >= 15 is 0 Å². The van der Waals surface area contributed by atoms with Crippen molar-refractivity contribution in [1.82, 2.24) is 10.0 Å². The summed E-state index contributed by atoms with van der Waals surface area (Å²) >= 11 is 11.8. The molecule has 0 heterocycles. The van der Waals surface area contributed by atoms with E-state index in [9.17, 15) is 8.42 Å². The fraction of sp³-hybridized carbons (Fsp3) is 0.600. The topological polar surface area (TPSA) is 67.4 Å². The summed E-state index contributed by atoms with van der Waals surface area (Å²) < 4.78 is 31.2. The summed E-state index contributed by atoms with van der Waals surface area (Å²) in [5, 5.41) is 4.44. The number of hydrogen-bond donors (Lipinski definition) is 2. The van der Waals surface area contributed by atoms with Gasteiger partial charge in [-0.1, -0.05) is 36.0 Å². The van der Waals surface area contributed by atoms with Gasteiger partial charge in [0.15, 0.2) is 0 Å². The lowest BCUT2D eigenvalue weighted by atomic mass is 9.91. The van der Waals surface area contributed by atoms with Crippen molar-refractivity contribution in [2.45, 2.75) is 37.8 Å². The number of rotatable bonds is 7. The van der Waals surface area contributed by atoms with Gasteiger partial charge in [-0.15, -0.1) is 0 Å². The summed E-state index contributed by atoms with van der Waals surface area (Å²) in [6.45, 7) is 1.08. The molecule has 1 saturated carbocycles. The molecule has 2 rings (SSSR count). The predicted molar refractivity (Wildman–Crippen MR) is 94.0 cm³/mol. The minimum atomic E-state index is -3.19. The zero-order chi connectivity index (χ0) is 16.9. The number of benzene rings is 1. The Morgan fingerprint density at radius 2 is 1.74 bits per heavy atom. The van der Waals surface area contributed by atoms with Crippen molar-refractivity contribution < 1.29 is 13.2 Å². The Morgan fingerprint density at radius 3 is 2.35 bits per heavy atom. The molecule has 0 unspecified atom stereocenters. The van der Waals surface area contributed by atoms with E-state index in [1.54, 1.807) is 18.2 Å². The van der Waals surface area contributed by atoms with Crippen molar-refractivity contribution in [3.05, 3.63) is 28.2 Å². The standard InChI is InChI=1S/C15H22Cl2N2O3S/c1-23(20,21)19-15-5-3-2-4-14(15)18-6-7-22-13-9-11(16)8-12(17)10-13/h8-10,14-15,18-19H,2-7H2,1H3/t14-,15-/m0/s1. The number of sulfonamides is 1. The van der Waals surface area contributed by atoms with Gasteiger partial charge >= 0.3 is 0 Å². The molecule has 5 nitrogen and oxygen atoms in total. The minimum absolute atomic E-state index is 0.0561. The fourth-order valence-corrected chi connectivity index (χ4v) is 4.15. The first-order valence-electron chi connectivity index (χ1n) is 7.63. The van der Waals surface area contributed by atoms with Crippen LogP contribution in [0.5, 0.6) is 5.75 Å². The van der Waals surface area contributed by atoms with Crippen LogP contribution in [0, 0.1) is 0 Å². The largest absolute Gasteiger partial charge is 0.492 e. The molecule has 1 aromatic carbocycles. The summed E-state index contributed by atoms with van der Waals surface area (Å²) in [6.07, 6.45) is 5.16. The lowest BCUT2D eigenvalue weighted by molar-refractivity contribution is 0.268. The molecule has 130 valence electrons. The zero-order valence-electron chi connectivity index (χ0n) is 13.0. The second-order valence-corrected chi connectivity index (χ2v) is 8.45. The Hall–Kier alpha value is -0.530. The SMILES string of the molecule is CS(=O)(=O)N[C@H]1CCCC[C@@H]1NCCOc1cc(Cl)cc(Cl)c1. The van der Waals surface area contributed by atoms with Crippen LogP contribution in [0.1, 0.15) is 25.7 Å². The van der Waals surface area contributed by atoms with Crippen LogP contribution in [0.4, 0.5) is 0 Å². The average molecular weight is 381 g/mol. The highest BCUT2D eigenvalue weighted by Crippen LogP contribution is 2.24. The molecule has 1 aromatic rings. The molecule has 1 aliphatic rings. The van der Waals surface area contributed by atoms with Gasteiger partial charge in [0.05, 0.1) is 6.26 Å². The highest BCUT2D eigenvalue weighted by molar-refractivity contribution is 7.88. The van der Waals surface area contributed by atoms with Crippen molar-refractivity contribution >= 4 is 33.2 Å². The Kier molecular flexibility index (Phi) is 6.98. The van der Waals surface area contributed by atoms with Gasteiger partial charge in [0.1, 0.15) is 12.4 Å². The van der Waals surface area contributed by atoms with E-state index < -0.39 is 10.0 Å². The third-order valence-corrected chi connectivity index (χ3v) is 4.91. The average Bonchev–Trinajstić information content (AvgIpc) is 2.42. The number of hydrogen-bond acceptors (Lipinski definition) is 4. The van der Waals surface area contributed by atoms with E-state index in [0.717, 1.165) is 25.7 Å². The highest BCUT2D eigenvalue weighted by atomic mass is 35.5. The molecule has 2 atom stereocenters. The molecule has 0 spiro atoms. The lowest BCUT2D eigenvalue weighted by Gasteiger charge is -2.32. The summed E-state index contributed by atoms with van der Waals surface area (Å²) in [7, 11) is -3.19. The summed E-state index contributed by atoms with van der Waals surface area (Å²) in [5.74, 6) is 0.624. The van der Waals surface area contributed by atoms with Crippen LogP contribution < -0.4 is 14.8 Å². The fourth-order valence-electron chi connectivity index (χ4n) is 2.82. The van der Waals surface area contributed by atoms with Gasteiger partial charge in [-0.2, -0.15) is 0 Å². The quantitative estimate of drug-likeness (QED) is 0.713. The molecule has 0 bridgehead atoms. The first-order chi connectivity index (χ1) is 10.8. The molecule has 1 aliphatic carbocycles. The van der Waals surface area contributed by atoms with E-state index in [-0.39, 0.29) is 12.1 Å². The van der Waals surface area contributed by atoms with E-state index in [0.29, 0.717) is 28.9 Å². The highest BCUT2D eigenvalue weighted by Gasteiger charge is 2.26. The second-order valence-electron chi connectivity index (χ2n) is 5.80. The molecule has 8 heteroatoms. The van der Waals surface area contributed by atoms with Crippen LogP contribution in [0.2, 0.25) is 10.0 Å². The van der Waals surface area contributed by atoms with Crippen molar-refractivity contribution in [1.29, 1.82) is 0 Å². The minimum Gasteiger partial charge on any atom is -0.492 e. The van der Waals surface area contributed by atoms with Crippen LogP contribution >= 0.6 is 23.2 Å². The number of nitrogens with one attached hydrogen (secondary N) is 2. The van der Waals surface area contributed by atoms with Crippen molar-refractivity contribution in [2.24, 2.45) is 0 Å². The third-order valence-electron chi connectivity index (χ3n) is 3.74. The Morgan fingerprint density at radius 1 is 1.13 bits per heavy atom. The maximum atomic E-state index is 11.4. The maximum absolute atomic E-state index is 11.4. The van der Waals surface area contributed by atoms with Crippen LogP contribution in [0.25, 0.3) is 0 Å². The van der Waals surface area contributed by atoms with Gasteiger partial charge in [-0.3, -0.25) is 0 Å². The molecular weight excluding hydrogens is 359 g/mol. The van der Waals surface area contributed by atoms with Crippen molar-refractivity contribution in [2.75, 3.05) is 19.4 Å². The van der Waals surface area contributed by atoms with Crippen LogP contribution in [-0.4, -0.2) is 39.9 Å². The smallest absolute Gasteiger partial charge is 0.209 e. The van der Waals surface area contributed by atoms with E-state index in [4.69, 9.17) is 27.9 Å². The third kappa shape index (κ3) is 6.85. The van der Waals surface area contributed by atoms with Gasteiger partial charge in [0, 0.05) is 28.7 Å². The van der Waals surface area contributed by atoms with Crippen molar-refractivity contribution in [3.63, 3.8) is 0 Å². The Labute approximate surface area is 147 Å². The molecule has 2 N–H and O–H groups in total. The van der Waals surface area contributed by atoms with E-state index in [2.05, 4.69) is 10.0 Å². The second kappa shape index (κ2) is 8.53. The molecule has 0 amide bonds. The van der Waals surface area contributed by atoms with Crippen molar-refractivity contribution in [3.8, 4) is 5.75 Å². The summed E-state index contributed by atoms with van der Waals surface area (Å²) in [5.41, 5.74) is 0. The van der Waals surface area contributed by atoms with Gasteiger partial charge < -0.3 is 10.1 Å². The van der Waals surface area contributed by atoms with Crippen LogP contribution in [0.15, 0.2) is 18.2 Å². The summed E-state index contributed by atoms with van der Waals surface area (Å²) in [6, 6.07) is 5.14. The first kappa shape index (κ1) is 18.8. The molecule has 0 aliphatic heterocycles. The maximum Gasteiger partial charge on any atom is 0.209 e. The normalized spacial score (nSPS) is 22.0. The zero-order valence-corrected chi connectivity index (χ0v) is 15.3. The van der Waals surface area contributed by atoms with Gasteiger partial charge in [-0.25, -0.2) is 13.1 Å². The number of ether oxygens (including phenoxy) is 1. The lowest BCUT2D eigenvalue weighted by Crippen LogP contribution is -2.52. The summed E-state index contributed by atoms with van der Waals surface area (Å²) in [4.78, 5) is 0. The van der Waals surface area contributed by atoms with Crippen LogP contribution in [-0.2, 0) is 10.0 Å². The molecule has 1 fully saturated rings. The first-order valence-corrected chi connectivity index (χ1v) is 10.3. The monoisotopic (exact) mass is 380 g/mol. The molecule has 23 heavy (non-hydrogen) atoms. The molecule has 0 aromatic heterocycles. The molecule has 0 radical (unpaired) electrons. The van der Waals surface area contributed by atoms with E-state index in [1.165, 1.54) is 6.26 Å². The Balaban J connectivity index is 1.79. The van der Waals surface area contributed by atoms with Gasteiger partial charge in [-0.05, 0) is 31.0 Å². The number of halogens is 2. The van der Waals surface area contributed by atoms with E-state index in [1.807, 2.05) is 0 Å². The Bertz CT molecular complexity index is 605. The van der Waals surface area contributed by atoms with Gasteiger partial charge in [0.25, 0.3) is 0 Å².